The molecule has 3 nitrogen and oxygen atoms in total. The lowest BCUT2D eigenvalue weighted by Crippen LogP contribution is -2.21. The molecular formula is C4H6INO2. The number of halogens is 1. The second-order valence-corrected chi connectivity index (χ2v) is 2.76. The molecule has 1 fully saturated rings. The Labute approximate surface area is 61.2 Å². The van der Waals surface area contributed by atoms with Gasteiger partial charge in [0.05, 0.1) is 22.9 Å². The van der Waals surface area contributed by atoms with Crippen molar-refractivity contribution in [1.82, 2.24) is 3.11 Å². The van der Waals surface area contributed by atoms with Gasteiger partial charge in [-0.2, -0.15) is 0 Å². The van der Waals surface area contributed by atoms with Crippen molar-refractivity contribution in [2.24, 2.45) is 0 Å². The predicted molar refractivity (Wildman–Crippen MR) is 36.1 cm³/mol. The first kappa shape index (κ1) is 6.28. The van der Waals surface area contributed by atoms with E-state index < -0.39 is 6.23 Å². The first-order valence-corrected chi connectivity index (χ1v) is 3.34. The molecule has 1 N–H and O–H groups in total. The Morgan fingerprint density at radius 3 is 2.62 bits per heavy atom. The molecule has 1 rings (SSSR count). The molecule has 0 aromatic rings. The molecule has 1 amide bonds. The Morgan fingerprint density at radius 1 is 1.88 bits per heavy atom. The Balaban J connectivity index is 2.56. The van der Waals surface area contributed by atoms with Gasteiger partial charge in [-0.15, -0.1) is 0 Å². The zero-order valence-corrected chi connectivity index (χ0v) is 6.33. The number of rotatable bonds is 0. The molecule has 0 aliphatic carbocycles. The molecule has 8 heavy (non-hydrogen) atoms. The third-order valence-corrected chi connectivity index (χ3v) is 2.30. The van der Waals surface area contributed by atoms with Gasteiger partial charge in [0.1, 0.15) is 6.23 Å². The summed E-state index contributed by atoms with van der Waals surface area (Å²) in [5, 5.41) is 8.87. The average molecular weight is 227 g/mol. The van der Waals surface area contributed by atoms with E-state index in [1.54, 1.807) is 0 Å². The quantitative estimate of drug-likeness (QED) is 0.476. The van der Waals surface area contributed by atoms with Crippen molar-refractivity contribution in [3.05, 3.63) is 0 Å². The zero-order chi connectivity index (χ0) is 6.15. The van der Waals surface area contributed by atoms with Gasteiger partial charge in [0.15, 0.2) is 0 Å². The maximum Gasteiger partial charge on any atom is 0.233 e. The number of hydrogen-bond acceptors (Lipinski definition) is 2. The number of carbonyl (C=O) groups excluding carboxylic acids is 1. The molecular weight excluding hydrogens is 221 g/mol. The largest absolute Gasteiger partial charge is 0.373 e. The van der Waals surface area contributed by atoms with Crippen LogP contribution >= 0.6 is 22.9 Å². The van der Waals surface area contributed by atoms with Crippen molar-refractivity contribution < 1.29 is 9.90 Å². The van der Waals surface area contributed by atoms with Gasteiger partial charge in [-0.05, 0) is 0 Å². The van der Waals surface area contributed by atoms with E-state index in [9.17, 15) is 4.79 Å². The van der Waals surface area contributed by atoms with E-state index in [2.05, 4.69) is 0 Å². The first-order chi connectivity index (χ1) is 3.72. The van der Waals surface area contributed by atoms with Gasteiger partial charge in [0.2, 0.25) is 5.91 Å². The highest BCUT2D eigenvalue weighted by molar-refractivity contribution is 14.1. The summed E-state index contributed by atoms with van der Waals surface area (Å²) in [6.07, 6.45) is 0.536. The molecule has 1 unspecified atom stereocenters. The Kier molecular flexibility index (Phi) is 1.71. The summed E-state index contributed by atoms with van der Waals surface area (Å²) in [4.78, 5) is 10.5. The highest BCUT2D eigenvalue weighted by Crippen LogP contribution is 2.19. The second kappa shape index (κ2) is 2.18. The number of hydrogen-bond donors (Lipinski definition) is 1. The van der Waals surface area contributed by atoms with E-state index in [-0.39, 0.29) is 5.91 Å². The molecule has 1 atom stereocenters. The topological polar surface area (TPSA) is 40.5 Å². The standard InChI is InChI=1S/C4H6INO2/c5-6-3(7)1-2-4(6)8/h3,7H,1-2H2. The van der Waals surface area contributed by atoms with Gasteiger partial charge < -0.3 is 5.11 Å². The molecule has 1 aliphatic heterocycles. The summed E-state index contributed by atoms with van der Waals surface area (Å²) >= 11 is 1.82. The lowest BCUT2D eigenvalue weighted by molar-refractivity contribution is -0.124. The SMILES string of the molecule is O=C1CCC(O)N1I. The van der Waals surface area contributed by atoms with E-state index in [0.717, 1.165) is 0 Å². The molecule has 1 saturated heterocycles. The van der Waals surface area contributed by atoms with Crippen LogP contribution in [0.1, 0.15) is 12.8 Å². The van der Waals surface area contributed by atoms with Crippen LogP contribution in [-0.2, 0) is 4.79 Å². The van der Waals surface area contributed by atoms with Gasteiger partial charge in [0, 0.05) is 12.8 Å². The van der Waals surface area contributed by atoms with E-state index in [1.807, 2.05) is 22.9 Å². The smallest absolute Gasteiger partial charge is 0.233 e. The van der Waals surface area contributed by atoms with Crippen molar-refractivity contribution in [2.45, 2.75) is 19.1 Å². The summed E-state index contributed by atoms with van der Waals surface area (Å²) in [6, 6.07) is 0. The highest BCUT2D eigenvalue weighted by atomic mass is 127. The van der Waals surface area contributed by atoms with Gasteiger partial charge in [0.25, 0.3) is 0 Å². The minimum atomic E-state index is -0.539. The highest BCUT2D eigenvalue weighted by Gasteiger charge is 2.26. The number of aliphatic hydroxyl groups excluding tert-OH is 1. The summed E-state index contributed by atoms with van der Waals surface area (Å²) in [7, 11) is 0. The van der Waals surface area contributed by atoms with Crippen molar-refractivity contribution in [3.8, 4) is 0 Å². The second-order valence-electron chi connectivity index (χ2n) is 1.72. The molecule has 1 heterocycles. The maximum atomic E-state index is 10.5. The van der Waals surface area contributed by atoms with Gasteiger partial charge >= 0.3 is 0 Å². The molecule has 0 aromatic heterocycles. The fourth-order valence-electron chi connectivity index (χ4n) is 0.639. The molecule has 1 aliphatic rings. The summed E-state index contributed by atoms with van der Waals surface area (Å²) in [5.74, 6) is 0.0260. The number of nitrogens with zero attached hydrogens (tertiary/aromatic N) is 1. The molecule has 0 bridgehead atoms. The third kappa shape index (κ3) is 0.947. The molecule has 4 heteroatoms. The minimum Gasteiger partial charge on any atom is -0.373 e. The molecule has 46 valence electrons. The van der Waals surface area contributed by atoms with E-state index in [1.165, 1.54) is 3.11 Å². The fraction of sp³-hybridized carbons (Fsp3) is 0.750. The van der Waals surface area contributed by atoms with E-state index in [0.29, 0.717) is 12.8 Å². The van der Waals surface area contributed by atoms with Crippen molar-refractivity contribution >= 4 is 28.8 Å². The summed E-state index contributed by atoms with van der Waals surface area (Å²) < 4.78 is 1.33. The Morgan fingerprint density at radius 2 is 2.50 bits per heavy atom. The van der Waals surface area contributed by atoms with E-state index in [4.69, 9.17) is 5.11 Å². The fourth-order valence-corrected chi connectivity index (χ4v) is 1.16. The van der Waals surface area contributed by atoms with Crippen molar-refractivity contribution in [2.75, 3.05) is 0 Å². The van der Waals surface area contributed by atoms with Crippen LogP contribution in [0.4, 0.5) is 0 Å². The molecule has 0 aromatic carbocycles. The number of aliphatic hydroxyl groups is 1. The lowest BCUT2D eigenvalue weighted by Gasteiger charge is -2.08. The third-order valence-electron chi connectivity index (χ3n) is 1.12. The van der Waals surface area contributed by atoms with Crippen LogP contribution in [0.2, 0.25) is 0 Å². The molecule has 0 saturated carbocycles. The predicted octanol–water partition coefficient (Wildman–Crippen LogP) is 0.277. The summed E-state index contributed by atoms with van der Waals surface area (Å²) in [6.45, 7) is 0. The van der Waals surface area contributed by atoms with Gasteiger partial charge in [-0.3, -0.25) is 7.91 Å². The van der Waals surface area contributed by atoms with E-state index >= 15 is 0 Å². The maximum absolute atomic E-state index is 10.5. The van der Waals surface area contributed by atoms with Crippen LogP contribution in [0, 0.1) is 0 Å². The van der Waals surface area contributed by atoms with Crippen molar-refractivity contribution in [1.29, 1.82) is 0 Å². The average Bonchev–Trinajstić information content (AvgIpc) is 1.98. The van der Waals surface area contributed by atoms with Crippen LogP contribution in [0.15, 0.2) is 0 Å². The van der Waals surface area contributed by atoms with Crippen LogP contribution in [-0.4, -0.2) is 20.4 Å². The number of amides is 1. The normalized spacial score (nSPS) is 29.5. The first-order valence-electron chi connectivity index (χ1n) is 2.37. The van der Waals surface area contributed by atoms with Crippen LogP contribution in [0.3, 0.4) is 0 Å². The Hall–Kier alpha value is 0.160. The minimum absolute atomic E-state index is 0.0260. The lowest BCUT2D eigenvalue weighted by atomic mass is 10.4. The van der Waals surface area contributed by atoms with Crippen LogP contribution in [0.25, 0.3) is 0 Å². The van der Waals surface area contributed by atoms with Crippen molar-refractivity contribution in [3.63, 3.8) is 0 Å². The monoisotopic (exact) mass is 227 g/mol. The Bertz CT molecular complexity index is 117. The zero-order valence-electron chi connectivity index (χ0n) is 4.17. The van der Waals surface area contributed by atoms with Crippen LogP contribution in [0.5, 0.6) is 0 Å². The van der Waals surface area contributed by atoms with Gasteiger partial charge in [-0.1, -0.05) is 0 Å². The molecule has 0 radical (unpaired) electrons. The number of carbonyl (C=O) groups is 1. The van der Waals surface area contributed by atoms with Crippen LogP contribution < -0.4 is 0 Å². The molecule has 0 spiro atoms. The van der Waals surface area contributed by atoms with Gasteiger partial charge in [-0.25, -0.2) is 0 Å². The summed E-state index contributed by atoms with van der Waals surface area (Å²) in [5.41, 5.74) is 0.